The maximum absolute atomic E-state index is 2.57. The van der Waals surface area contributed by atoms with Crippen LogP contribution in [0.15, 0.2) is 182 Å². The van der Waals surface area contributed by atoms with Crippen molar-refractivity contribution in [1.29, 1.82) is 0 Å². The maximum atomic E-state index is 2.57. The number of fused-ring (bicyclic) bond motifs is 6. The van der Waals surface area contributed by atoms with Crippen molar-refractivity contribution in [2.24, 2.45) is 0 Å². The van der Waals surface area contributed by atoms with Gasteiger partial charge in [-0.25, -0.2) is 0 Å². The predicted molar refractivity (Wildman–Crippen MR) is 696 cm³/mol. The van der Waals surface area contributed by atoms with Gasteiger partial charge in [-0.1, -0.05) is 356 Å². The van der Waals surface area contributed by atoms with Crippen LogP contribution in [0.2, 0.25) is 0 Å². The van der Waals surface area contributed by atoms with Gasteiger partial charge in [0.2, 0.25) is 0 Å². The second kappa shape index (κ2) is 99.4. The Bertz CT molecular complexity index is 4190. The van der Waals surface area contributed by atoms with Crippen molar-refractivity contribution in [2.45, 2.75) is 427 Å². The molecule has 858 valence electrons. The molecule has 0 atom stereocenters. The van der Waals surface area contributed by atoms with Crippen LogP contribution in [0.3, 0.4) is 0 Å². The number of rotatable bonds is 33. The van der Waals surface area contributed by atoms with E-state index in [9.17, 15) is 0 Å². The number of para-hydroxylation sites is 3. The first kappa shape index (κ1) is 152. The summed E-state index contributed by atoms with van der Waals surface area (Å²) in [7, 11) is 6.53. The van der Waals surface area contributed by atoms with Crippen LogP contribution in [-0.2, 0) is 77.0 Å². The molecule has 0 unspecified atom stereocenters. The van der Waals surface area contributed by atoms with Gasteiger partial charge in [-0.05, 0) is 377 Å². The standard InChI is InChI=1S/2C23H30N2.C19H26N2.2C15H24N2.C13H22N2.15C2H6/c2*1-3-24(22-15-7-11-18-9-5-13-20(18)22)17-25(4-2)23-16-8-12-19-10-6-14-21(19)23;1-5-20(18-13-9-7-11-16(18)3)15-21(6-2)19-14-10-8-12-17(19)4;2*1-4-16(3)12-17(5-2)15-11-7-9-13-8-6-10-14(13)15;1-5-14(4)11-15(6-2)13-10-8-7-9-12(13)3;15*1-2/h2*7-8,11-12,15-16H,3-6,9-10,13-14,17H2,1-2H3;7-14H,5-6,15H2,1-4H3;2*7,9,11H,4-6,8,10,12H2,1-3H3;7-10H,5-6,11H2,1-4H3;15*1-2H3. The predicted octanol–water partition coefficient (Wildman–Crippen LogP) is 38.5. The van der Waals surface area contributed by atoms with Crippen LogP contribution in [0, 0.1) is 20.8 Å². The Kier molecular flexibility index (Phi) is 101. The molecular weight excluding hydrogens is 1830 g/mol. The van der Waals surface area contributed by atoms with E-state index in [1.54, 1.807) is 66.8 Å². The zero-order valence-electron chi connectivity index (χ0n) is 108. The molecule has 0 saturated heterocycles. The quantitative estimate of drug-likeness (QED) is 0.0368. The molecule has 0 N–H and O–H groups in total. The Labute approximate surface area is 936 Å². The molecule has 15 rings (SSSR count). The normalized spacial score (nSPS) is 11.4. The Balaban J connectivity index is -0.000000397. The van der Waals surface area contributed by atoms with Gasteiger partial charge >= 0.3 is 0 Å². The van der Waals surface area contributed by atoms with Crippen molar-refractivity contribution in [3.05, 3.63) is 265 Å². The summed E-state index contributed by atoms with van der Waals surface area (Å²) in [6.45, 7) is 112. The molecule has 9 aromatic carbocycles. The lowest BCUT2D eigenvalue weighted by Gasteiger charge is -2.34. The van der Waals surface area contributed by atoms with Gasteiger partial charge in [-0.3, -0.25) is 14.7 Å². The van der Waals surface area contributed by atoms with Crippen LogP contribution in [0.4, 0.5) is 51.2 Å². The highest BCUT2D eigenvalue weighted by molar-refractivity contribution is 5.67. The van der Waals surface area contributed by atoms with Crippen LogP contribution in [0.25, 0.3) is 0 Å². The third-order valence-electron chi connectivity index (χ3n) is 26.5. The monoisotopic (exact) mass is 2070 g/mol. The van der Waals surface area contributed by atoms with Gasteiger partial charge < -0.3 is 44.1 Å². The Morgan fingerprint density at radius 3 is 0.413 bits per heavy atom. The zero-order valence-corrected chi connectivity index (χ0v) is 108. The molecule has 0 fully saturated rings. The lowest BCUT2D eigenvalue weighted by molar-refractivity contribution is 0.351. The first-order valence-corrected chi connectivity index (χ1v) is 62.1. The fourth-order valence-electron chi connectivity index (χ4n) is 19.0. The summed E-state index contributed by atoms with van der Waals surface area (Å²) in [5.74, 6) is 0. The van der Waals surface area contributed by atoms with Gasteiger partial charge in [0.1, 0.15) is 0 Å². The Morgan fingerprint density at radius 2 is 0.273 bits per heavy atom. The van der Waals surface area contributed by atoms with E-state index in [0.29, 0.717) is 0 Å². The fraction of sp³-hybridized carbons (Fsp3) is 0.609. The molecule has 9 aromatic rings. The van der Waals surface area contributed by atoms with Gasteiger partial charge in [0.25, 0.3) is 0 Å². The summed E-state index contributed by atoms with van der Waals surface area (Å²) in [4.78, 5) is 29.6. The maximum Gasteiger partial charge on any atom is 0.0902 e. The van der Waals surface area contributed by atoms with Gasteiger partial charge in [-0.15, -0.1) is 0 Å². The van der Waals surface area contributed by atoms with Crippen molar-refractivity contribution in [2.75, 3.05) is 184 Å². The summed E-state index contributed by atoms with van der Waals surface area (Å²) in [6.07, 6.45) is 23.0. The van der Waals surface area contributed by atoms with Gasteiger partial charge in [-0.2, -0.15) is 0 Å². The van der Waals surface area contributed by atoms with Crippen molar-refractivity contribution in [3.8, 4) is 0 Å². The van der Waals surface area contributed by atoms with Crippen LogP contribution < -0.4 is 44.1 Å². The first-order valence-electron chi connectivity index (χ1n) is 62.1. The summed E-state index contributed by atoms with van der Waals surface area (Å²) < 4.78 is 0. The molecule has 150 heavy (non-hydrogen) atoms. The number of nitrogens with zero attached hydrogens (tertiary/aromatic N) is 12. The molecule has 0 radical (unpaired) electrons. The molecule has 0 bridgehead atoms. The van der Waals surface area contributed by atoms with Crippen molar-refractivity contribution >= 4 is 51.2 Å². The molecule has 0 aliphatic heterocycles. The topological polar surface area (TPSA) is 38.9 Å². The number of hydrogen-bond donors (Lipinski definition) is 0. The highest BCUT2D eigenvalue weighted by Gasteiger charge is 2.27. The third kappa shape index (κ3) is 51.0. The molecule has 0 amide bonds. The van der Waals surface area contributed by atoms with E-state index in [-0.39, 0.29) is 0 Å². The number of aryl methyl sites for hydroxylation is 9. The van der Waals surface area contributed by atoms with E-state index in [1.807, 2.05) is 208 Å². The number of benzene rings is 9. The minimum Gasteiger partial charge on any atom is -0.359 e. The van der Waals surface area contributed by atoms with E-state index in [4.69, 9.17) is 0 Å². The second-order valence-corrected chi connectivity index (χ2v) is 34.0. The van der Waals surface area contributed by atoms with E-state index < -0.39 is 0 Å². The smallest absolute Gasteiger partial charge is 0.0902 e. The Hall–Kier alpha value is -8.94. The SMILES string of the molecule is CC.CC.CC.CC.CC.CC.CC.CC.CC.CC.CC.CC.CC.CC.CC.CCN(C)CN(CC)c1cccc2c1CCC2.CCN(C)CN(CC)c1cccc2c1CCC2.CCN(C)CN(CC)c1ccccc1C.CCN(CN(CC)c1cccc2c1CCC2)c1cccc2c1CCC2.CCN(CN(CC)c1cccc2c1CCC2)c1cccc2c1CCC2.CCN(CN(CC)c1ccccc1C)c1ccccc1C. The Morgan fingerprint density at radius 1 is 0.147 bits per heavy atom. The van der Waals surface area contributed by atoms with Gasteiger partial charge in [0.05, 0.1) is 40.0 Å². The van der Waals surface area contributed by atoms with Crippen LogP contribution in [0.1, 0.15) is 413 Å². The van der Waals surface area contributed by atoms with E-state index in [1.165, 1.54) is 183 Å². The lowest BCUT2D eigenvalue weighted by Crippen LogP contribution is -2.39. The molecule has 12 heteroatoms. The van der Waals surface area contributed by atoms with Crippen LogP contribution >= 0.6 is 0 Å². The highest BCUT2D eigenvalue weighted by Crippen LogP contribution is 2.39. The molecule has 0 saturated carbocycles. The molecule has 12 nitrogen and oxygen atoms in total. The molecule has 0 aromatic heterocycles. The van der Waals surface area contributed by atoms with Crippen molar-refractivity contribution in [1.82, 2.24) is 14.7 Å². The van der Waals surface area contributed by atoms with Gasteiger partial charge in [0.15, 0.2) is 0 Å². The average molecular weight is 2070 g/mol. The second-order valence-electron chi connectivity index (χ2n) is 34.0. The fourth-order valence-corrected chi connectivity index (χ4v) is 19.0. The summed E-state index contributed by atoms with van der Waals surface area (Å²) in [5.41, 5.74) is 35.8. The van der Waals surface area contributed by atoms with E-state index >= 15 is 0 Å². The molecular formula is C138H246N12. The first-order chi connectivity index (χ1) is 73.5. The minimum absolute atomic E-state index is 0.919. The van der Waals surface area contributed by atoms with E-state index in [2.05, 4.69) is 366 Å². The van der Waals surface area contributed by atoms with Gasteiger partial charge in [0, 0.05) is 110 Å². The summed E-state index contributed by atoms with van der Waals surface area (Å²) >= 11 is 0. The lowest BCUT2D eigenvalue weighted by atomic mass is 10.1. The molecule has 0 heterocycles. The highest BCUT2D eigenvalue weighted by atomic mass is 15.3. The largest absolute Gasteiger partial charge is 0.359 e. The third-order valence-corrected chi connectivity index (χ3v) is 26.5. The van der Waals surface area contributed by atoms with Crippen molar-refractivity contribution in [3.63, 3.8) is 0 Å². The average Bonchev–Trinajstić information content (AvgIpc) is 1.64. The van der Waals surface area contributed by atoms with Crippen LogP contribution in [0.5, 0.6) is 0 Å². The summed E-state index contributed by atoms with van der Waals surface area (Å²) in [6, 6.07) is 67.0. The molecule has 6 aliphatic rings. The van der Waals surface area contributed by atoms with E-state index in [0.717, 1.165) is 119 Å². The van der Waals surface area contributed by atoms with Crippen LogP contribution in [-0.4, -0.2) is 154 Å². The molecule has 0 spiro atoms. The van der Waals surface area contributed by atoms with Crippen molar-refractivity contribution < 1.29 is 0 Å². The minimum atomic E-state index is 0.919. The molecule has 6 aliphatic carbocycles. The summed E-state index contributed by atoms with van der Waals surface area (Å²) in [5, 5.41) is 0. The zero-order chi connectivity index (χ0) is 115. The number of anilines is 9. The number of hydrogen-bond acceptors (Lipinski definition) is 12.